The van der Waals surface area contributed by atoms with Crippen molar-refractivity contribution in [3.63, 3.8) is 0 Å². The average Bonchev–Trinajstić information content (AvgIpc) is 2.40. The maximum Gasteiger partial charge on any atom is 0.509 e. The predicted molar refractivity (Wildman–Crippen MR) is 70.9 cm³/mol. The first-order valence-corrected chi connectivity index (χ1v) is 6.11. The van der Waals surface area contributed by atoms with Crippen LogP contribution in [0.1, 0.15) is 5.56 Å². The van der Waals surface area contributed by atoms with Crippen LogP contribution >= 0.6 is 11.6 Å². The number of ether oxygens (including phenoxy) is 1. The summed E-state index contributed by atoms with van der Waals surface area (Å²) in [6.45, 7) is -4.96. The monoisotopic (exact) mass is 303 g/mol. The Hall–Kier alpha value is -1.69. The minimum Gasteiger partial charge on any atom is -0.489 e. The fourth-order valence-electron chi connectivity index (χ4n) is 1.58. The third-order valence-corrected chi connectivity index (χ3v) is 2.95. The first kappa shape index (κ1) is 14.7. The van der Waals surface area contributed by atoms with Gasteiger partial charge < -0.3 is 17.7 Å². The average molecular weight is 303 g/mol. The highest BCUT2D eigenvalue weighted by atomic mass is 35.5. The van der Waals surface area contributed by atoms with E-state index in [-0.39, 0.29) is 17.4 Å². The van der Waals surface area contributed by atoms with E-state index < -0.39 is 18.3 Å². The van der Waals surface area contributed by atoms with Crippen LogP contribution in [-0.2, 0) is 6.61 Å². The largest absolute Gasteiger partial charge is 0.509 e. The summed E-state index contributed by atoms with van der Waals surface area (Å²) in [6, 6.07) is 8.57. The van der Waals surface area contributed by atoms with Crippen LogP contribution in [0.3, 0.4) is 0 Å². The van der Waals surface area contributed by atoms with Crippen molar-refractivity contribution in [3.05, 3.63) is 58.9 Å². The van der Waals surface area contributed by atoms with E-state index in [1.807, 2.05) is 0 Å². The molecule has 0 amide bonds. The lowest BCUT2D eigenvalue weighted by Gasteiger charge is -2.15. The molecule has 7 heteroatoms. The summed E-state index contributed by atoms with van der Waals surface area (Å²) in [5, 5.41) is 0.00510. The van der Waals surface area contributed by atoms with Crippen molar-refractivity contribution < 1.29 is 22.1 Å². The minimum atomic E-state index is -5.01. The van der Waals surface area contributed by atoms with Crippen molar-refractivity contribution in [1.82, 2.24) is 0 Å². The fraction of sp³-hybridized carbons (Fsp3) is 0.0769. The van der Waals surface area contributed by atoms with Gasteiger partial charge in [0.15, 0.2) is 0 Å². The van der Waals surface area contributed by atoms with Crippen LogP contribution in [-0.4, -0.2) is 6.98 Å². The molecular weight excluding hydrogens is 294 g/mol. The summed E-state index contributed by atoms with van der Waals surface area (Å²) in [7, 11) is 0. The van der Waals surface area contributed by atoms with Gasteiger partial charge in [-0.2, -0.15) is 0 Å². The molecule has 0 saturated heterocycles. The van der Waals surface area contributed by atoms with E-state index in [1.54, 1.807) is 6.07 Å². The molecule has 0 aromatic heterocycles. The van der Waals surface area contributed by atoms with Gasteiger partial charge in [-0.25, -0.2) is 4.39 Å². The van der Waals surface area contributed by atoms with Gasteiger partial charge in [0.25, 0.3) is 0 Å². The molecule has 0 saturated carbocycles. The molecule has 0 fully saturated rings. The Labute approximate surface area is 118 Å². The topological polar surface area (TPSA) is 9.23 Å². The maximum atomic E-state index is 13.2. The molecule has 0 heterocycles. The first-order valence-electron chi connectivity index (χ1n) is 5.73. The molecule has 0 radical (unpaired) electrons. The van der Waals surface area contributed by atoms with Crippen LogP contribution in [0, 0.1) is 5.82 Å². The Kier molecular flexibility index (Phi) is 4.23. The van der Waals surface area contributed by atoms with Crippen LogP contribution in [0.25, 0.3) is 0 Å². The second kappa shape index (κ2) is 5.75. The van der Waals surface area contributed by atoms with E-state index in [4.69, 9.17) is 16.3 Å². The van der Waals surface area contributed by atoms with Gasteiger partial charge >= 0.3 is 6.98 Å². The van der Waals surface area contributed by atoms with Gasteiger partial charge in [0.2, 0.25) is 0 Å². The lowest BCUT2D eigenvalue weighted by Crippen LogP contribution is -2.33. The third-order valence-electron chi connectivity index (χ3n) is 2.65. The molecule has 1 nitrogen and oxygen atoms in total. The summed E-state index contributed by atoms with van der Waals surface area (Å²) < 4.78 is 55.7. The summed E-state index contributed by atoms with van der Waals surface area (Å²) in [5.74, 6) is -0.285. The zero-order valence-electron chi connectivity index (χ0n) is 10.1. The molecule has 0 atom stereocenters. The molecule has 0 bridgehead atoms. The van der Waals surface area contributed by atoms with Crippen LogP contribution in [0.2, 0.25) is 5.02 Å². The van der Waals surface area contributed by atoms with E-state index in [1.165, 1.54) is 24.3 Å². The van der Waals surface area contributed by atoms with Gasteiger partial charge in [0.05, 0.1) is 5.02 Å². The molecule has 0 spiro atoms. The molecule has 0 aliphatic carbocycles. The third kappa shape index (κ3) is 3.66. The zero-order chi connectivity index (χ0) is 14.8. The Morgan fingerprint density at radius 1 is 1.00 bits per heavy atom. The van der Waals surface area contributed by atoms with Crippen molar-refractivity contribution in [2.45, 2.75) is 6.61 Å². The lowest BCUT2D eigenvalue weighted by molar-refractivity contribution is 0.305. The Morgan fingerprint density at radius 3 is 2.20 bits per heavy atom. The number of rotatable bonds is 4. The van der Waals surface area contributed by atoms with Gasteiger partial charge in [-0.05, 0) is 29.8 Å². The highest BCUT2D eigenvalue weighted by Gasteiger charge is 2.24. The number of benzene rings is 2. The van der Waals surface area contributed by atoms with E-state index >= 15 is 0 Å². The summed E-state index contributed by atoms with van der Waals surface area (Å²) in [6.07, 6.45) is 0. The lowest BCUT2D eigenvalue weighted by atomic mass is 9.80. The Morgan fingerprint density at radius 2 is 1.65 bits per heavy atom. The molecule has 2 aromatic carbocycles. The van der Waals surface area contributed by atoms with Gasteiger partial charge in [-0.3, -0.25) is 0 Å². The fourth-order valence-corrected chi connectivity index (χ4v) is 1.70. The molecule has 0 N–H and O–H groups in total. The normalized spacial score (nSPS) is 11.4. The SMILES string of the molecule is Fc1cc(COc2ccc([B-](F)(F)F)cc2)ccc1Cl. The van der Waals surface area contributed by atoms with Crippen molar-refractivity contribution in [1.29, 1.82) is 0 Å². The second-order valence-corrected chi connectivity index (χ2v) is 4.59. The predicted octanol–water partition coefficient (Wildman–Crippen LogP) is 4.11. The van der Waals surface area contributed by atoms with Gasteiger partial charge in [-0.15, -0.1) is 5.46 Å². The first-order chi connectivity index (χ1) is 9.36. The van der Waals surface area contributed by atoms with Gasteiger partial charge in [0.1, 0.15) is 18.2 Å². The summed E-state index contributed by atoms with van der Waals surface area (Å²) >= 11 is 5.54. The Bertz CT molecular complexity index is 598. The quantitative estimate of drug-likeness (QED) is 0.610. The van der Waals surface area contributed by atoms with Gasteiger partial charge in [0, 0.05) is 0 Å². The number of hydrogen-bond acceptors (Lipinski definition) is 1. The van der Waals surface area contributed by atoms with Crippen LogP contribution in [0.5, 0.6) is 5.75 Å². The van der Waals surface area contributed by atoms with Gasteiger partial charge in [-0.1, -0.05) is 29.8 Å². The van der Waals surface area contributed by atoms with Crippen molar-refractivity contribution >= 4 is 24.0 Å². The molecule has 0 unspecified atom stereocenters. The molecule has 0 aliphatic rings. The highest BCUT2D eigenvalue weighted by molar-refractivity contribution is 6.73. The zero-order valence-corrected chi connectivity index (χ0v) is 10.9. The molecule has 2 aromatic rings. The summed E-state index contributed by atoms with van der Waals surface area (Å²) in [4.78, 5) is 0. The van der Waals surface area contributed by atoms with Crippen LogP contribution in [0.4, 0.5) is 17.3 Å². The van der Waals surface area contributed by atoms with Crippen LogP contribution in [0.15, 0.2) is 42.5 Å². The number of halogens is 5. The van der Waals surface area contributed by atoms with E-state index in [0.29, 0.717) is 5.56 Å². The molecule has 2 rings (SSSR count). The Balaban J connectivity index is 2.02. The van der Waals surface area contributed by atoms with E-state index in [9.17, 15) is 17.3 Å². The van der Waals surface area contributed by atoms with Crippen molar-refractivity contribution in [2.24, 2.45) is 0 Å². The van der Waals surface area contributed by atoms with Crippen LogP contribution < -0.4 is 10.2 Å². The second-order valence-electron chi connectivity index (χ2n) is 4.18. The minimum absolute atomic E-state index is 0.00510. The highest BCUT2D eigenvalue weighted by Crippen LogP contribution is 2.18. The molecule has 20 heavy (non-hydrogen) atoms. The molecular formula is C13H9BClF4O-. The van der Waals surface area contributed by atoms with E-state index in [2.05, 4.69) is 0 Å². The van der Waals surface area contributed by atoms with E-state index in [0.717, 1.165) is 12.1 Å². The summed E-state index contributed by atoms with van der Waals surface area (Å²) in [5.41, 5.74) is -0.147. The maximum absolute atomic E-state index is 13.2. The van der Waals surface area contributed by atoms with Crippen molar-refractivity contribution in [3.8, 4) is 5.75 Å². The smallest absolute Gasteiger partial charge is 0.489 e. The molecule has 106 valence electrons. The standard InChI is InChI=1S/C13H9BClF4O/c15-12-6-1-9(7-13(12)16)8-20-11-4-2-10(3-5-11)14(17,18)19/h1-7H,8H2/q-1. The molecule has 0 aliphatic heterocycles. The number of hydrogen-bond donors (Lipinski definition) is 0. The van der Waals surface area contributed by atoms with Crippen molar-refractivity contribution in [2.75, 3.05) is 0 Å².